The number of nitrogens with zero attached hydrogens (tertiary/aromatic N) is 1. The van der Waals surface area contributed by atoms with Crippen LogP contribution in [0.1, 0.15) is 27.7 Å². The van der Waals surface area contributed by atoms with E-state index in [9.17, 15) is 13.2 Å². The number of carbonyl (C=O) groups excluding carboxylic acids is 1. The normalized spacial score (nSPS) is 20.0. The quantitative estimate of drug-likeness (QED) is 0.622. The highest BCUT2D eigenvalue weighted by Crippen LogP contribution is 2.03. The van der Waals surface area contributed by atoms with E-state index >= 15 is 0 Å². The van der Waals surface area contributed by atoms with Crippen LogP contribution in [0.2, 0.25) is 0 Å². The predicted molar refractivity (Wildman–Crippen MR) is 73.9 cm³/mol. The zero-order valence-corrected chi connectivity index (χ0v) is 12.8. The third-order valence-corrected chi connectivity index (χ3v) is 4.33. The van der Waals surface area contributed by atoms with E-state index in [1.165, 1.54) is 4.31 Å². The standard InChI is InChI=1S/C11H24N4O3S/c1-9(10(16)13-11(2,3)4)14-19(17,18)15-7-5-12-6-8-15/h9,12,14H,5-8H2,1-4H3,(H,13,16). The second-order valence-corrected chi connectivity index (χ2v) is 7.44. The van der Waals surface area contributed by atoms with Crippen molar-refractivity contribution >= 4 is 16.1 Å². The Hall–Kier alpha value is -0.700. The molecule has 0 aromatic carbocycles. The van der Waals surface area contributed by atoms with Crippen LogP contribution >= 0.6 is 0 Å². The van der Waals surface area contributed by atoms with Crippen LogP contribution in [0.4, 0.5) is 0 Å². The number of carbonyl (C=O) groups is 1. The van der Waals surface area contributed by atoms with E-state index in [0.29, 0.717) is 26.2 Å². The summed E-state index contributed by atoms with van der Waals surface area (Å²) in [6.45, 7) is 9.19. The summed E-state index contributed by atoms with van der Waals surface area (Å²) in [6, 6.07) is -0.792. The lowest BCUT2D eigenvalue weighted by atomic mass is 10.1. The maximum atomic E-state index is 12.1. The molecule has 1 heterocycles. The van der Waals surface area contributed by atoms with Crippen molar-refractivity contribution in [2.45, 2.75) is 39.3 Å². The third kappa shape index (κ3) is 5.43. The number of hydrogen-bond donors (Lipinski definition) is 3. The van der Waals surface area contributed by atoms with Gasteiger partial charge in [-0.1, -0.05) is 0 Å². The van der Waals surface area contributed by atoms with Gasteiger partial charge < -0.3 is 10.6 Å². The lowest BCUT2D eigenvalue weighted by Crippen LogP contribution is -2.56. The molecule has 1 fully saturated rings. The average molecular weight is 292 g/mol. The fourth-order valence-electron chi connectivity index (χ4n) is 1.71. The maximum Gasteiger partial charge on any atom is 0.280 e. The van der Waals surface area contributed by atoms with Gasteiger partial charge in [0.05, 0.1) is 6.04 Å². The largest absolute Gasteiger partial charge is 0.350 e. The molecule has 0 radical (unpaired) electrons. The fourth-order valence-corrected chi connectivity index (χ4v) is 3.08. The molecule has 19 heavy (non-hydrogen) atoms. The minimum Gasteiger partial charge on any atom is -0.350 e. The number of nitrogens with one attached hydrogen (secondary N) is 3. The van der Waals surface area contributed by atoms with Crippen molar-refractivity contribution in [2.75, 3.05) is 26.2 Å². The Morgan fingerprint density at radius 3 is 2.26 bits per heavy atom. The molecule has 0 aromatic heterocycles. The minimum atomic E-state index is -3.60. The average Bonchev–Trinajstić information content (AvgIpc) is 2.27. The van der Waals surface area contributed by atoms with E-state index < -0.39 is 16.3 Å². The predicted octanol–water partition coefficient (Wildman–Crippen LogP) is -0.971. The first-order chi connectivity index (χ1) is 8.62. The van der Waals surface area contributed by atoms with Gasteiger partial charge in [0, 0.05) is 31.7 Å². The fraction of sp³-hybridized carbons (Fsp3) is 0.909. The van der Waals surface area contributed by atoms with Crippen molar-refractivity contribution in [2.24, 2.45) is 0 Å². The molecule has 8 heteroatoms. The lowest BCUT2D eigenvalue weighted by Gasteiger charge is -2.29. The van der Waals surface area contributed by atoms with Gasteiger partial charge >= 0.3 is 0 Å². The summed E-state index contributed by atoms with van der Waals surface area (Å²) in [5.74, 6) is -0.328. The van der Waals surface area contributed by atoms with Crippen LogP contribution in [-0.2, 0) is 15.0 Å². The van der Waals surface area contributed by atoms with Gasteiger partial charge in [-0.05, 0) is 27.7 Å². The molecule has 1 amide bonds. The molecule has 1 unspecified atom stereocenters. The third-order valence-electron chi connectivity index (χ3n) is 2.63. The number of piperazine rings is 1. The molecule has 0 saturated carbocycles. The van der Waals surface area contributed by atoms with Crippen molar-refractivity contribution in [1.82, 2.24) is 19.7 Å². The summed E-state index contributed by atoms with van der Waals surface area (Å²) in [4.78, 5) is 11.9. The minimum absolute atomic E-state index is 0.328. The van der Waals surface area contributed by atoms with Crippen molar-refractivity contribution in [3.05, 3.63) is 0 Å². The molecular weight excluding hydrogens is 268 g/mol. The molecule has 1 aliphatic heterocycles. The molecule has 0 bridgehead atoms. The molecule has 0 aliphatic carbocycles. The van der Waals surface area contributed by atoms with E-state index in [0.717, 1.165) is 0 Å². The Bertz CT molecular complexity index is 410. The molecular formula is C11H24N4O3S. The SMILES string of the molecule is CC(NS(=O)(=O)N1CCNCC1)C(=O)NC(C)(C)C. The van der Waals surface area contributed by atoms with Gasteiger partial charge in [0.15, 0.2) is 0 Å². The Balaban J connectivity index is 2.59. The first-order valence-electron chi connectivity index (χ1n) is 6.42. The zero-order chi connectivity index (χ0) is 14.7. The summed E-state index contributed by atoms with van der Waals surface area (Å²) in [5.41, 5.74) is -0.383. The van der Waals surface area contributed by atoms with Crippen molar-refractivity contribution < 1.29 is 13.2 Å². The molecule has 112 valence electrons. The smallest absolute Gasteiger partial charge is 0.280 e. The number of hydrogen-bond acceptors (Lipinski definition) is 4. The van der Waals surface area contributed by atoms with Crippen LogP contribution in [0, 0.1) is 0 Å². The van der Waals surface area contributed by atoms with Crippen LogP contribution in [0.5, 0.6) is 0 Å². The van der Waals surface area contributed by atoms with Crippen LogP contribution in [-0.4, -0.2) is 56.4 Å². The van der Waals surface area contributed by atoms with Crippen LogP contribution in [0.15, 0.2) is 0 Å². The highest BCUT2D eigenvalue weighted by atomic mass is 32.2. The molecule has 7 nitrogen and oxygen atoms in total. The van der Waals surface area contributed by atoms with Crippen molar-refractivity contribution in [3.63, 3.8) is 0 Å². The number of amides is 1. The first kappa shape index (κ1) is 16.4. The van der Waals surface area contributed by atoms with Gasteiger partial charge in [-0.25, -0.2) is 0 Å². The highest BCUT2D eigenvalue weighted by molar-refractivity contribution is 7.87. The number of rotatable bonds is 4. The molecule has 1 saturated heterocycles. The maximum absolute atomic E-state index is 12.1. The van der Waals surface area contributed by atoms with E-state index in [-0.39, 0.29) is 11.4 Å². The van der Waals surface area contributed by atoms with E-state index in [2.05, 4.69) is 15.4 Å². The Morgan fingerprint density at radius 1 is 1.26 bits per heavy atom. The summed E-state index contributed by atoms with van der Waals surface area (Å²) < 4.78 is 27.9. The van der Waals surface area contributed by atoms with E-state index in [4.69, 9.17) is 0 Å². The summed E-state index contributed by atoms with van der Waals surface area (Å²) in [6.07, 6.45) is 0. The summed E-state index contributed by atoms with van der Waals surface area (Å²) in [5, 5.41) is 5.83. The molecule has 1 atom stereocenters. The van der Waals surface area contributed by atoms with E-state index in [1.807, 2.05) is 20.8 Å². The molecule has 1 rings (SSSR count). The van der Waals surface area contributed by atoms with Crippen molar-refractivity contribution in [1.29, 1.82) is 0 Å². The summed E-state index contributed by atoms with van der Waals surface area (Å²) >= 11 is 0. The van der Waals surface area contributed by atoms with Crippen LogP contribution in [0.3, 0.4) is 0 Å². The zero-order valence-electron chi connectivity index (χ0n) is 12.0. The van der Waals surface area contributed by atoms with Crippen LogP contribution in [0.25, 0.3) is 0 Å². The van der Waals surface area contributed by atoms with Gasteiger partial charge in [-0.3, -0.25) is 4.79 Å². The van der Waals surface area contributed by atoms with Gasteiger partial charge in [-0.15, -0.1) is 0 Å². The highest BCUT2D eigenvalue weighted by Gasteiger charge is 2.28. The van der Waals surface area contributed by atoms with Gasteiger partial charge in [0.1, 0.15) is 0 Å². The second-order valence-electron chi connectivity index (χ2n) is 5.73. The molecule has 1 aliphatic rings. The topological polar surface area (TPSA) is 90.5 Å². The Labute approximate surface area is 115 Å². The lowest BCUT2D eigenvalue weighted by molar-refractivity contribution is -0.123. The Kier molecular flexibility index (Phi) is 5.31. The monoisotopic (exact) mass is 292 g/mol. The Morgan fingerprint density at radius 2 is 1.79 bits per heavy atom. The van der Waals surface area contributed by atoms with Gasteiger partial charge in [-0.2, -0.15) is 17.4 Å². The first-order valence-corrected chi connectivity index (χ1v) is 7.86. The van der Waals surface area contributed by atoms with E-state index in [1.54, 1.807) is 6.92 Å². The molecule has 3 N–H and O–H groups in total. The van der Waals surface area contributed by atoms with Crippen LogP contribution < -0.4 is 15.4 Å². The van der Waals surface area contributed by atoms with Gasteiger partial charge in [0.2, 0.25) is 5.91 Å². The summed E-state index contributed by atoms with van der Waals surface area (Å²) in [7, 11) is -3.60. The molecule has 0 aromatic rings. The van der Waals surface area contributed by atoms with Gasteiger partial charge in [0.25, 0.3) is 10.2 Å². The second kappa shape index (κ2) is 6.17. The molecule has 0 spiro atoms. The van der Waals surface area contributed by atoms with Crippen molar-refractivity contribution in [3.8, 4) is 0 Å².